The Morgan fingerprint density at radius 1 is 1.09 bits per heavy atom. The molecule has 1 N–H and O–H groups in total. The zero-order chi connectivity index (χ0) is 24.3. The van der Waals surface area contributed by atoms with Gasteiger partial charge in [0.1, 0.15) is 6.04 Å². The number of carbonyl (C=O) groups is 2. The third-order valence-corrected chi connectivity index (χ3v) is 8.36. The summed E-state index contributed by atoms with van der Waals surface area (Å²) < 4.78 is 27.4. The summed E-state index contributed by atoms with van der Waals surface area (Å²) in [6, 6.07) is 14.2. The molecule has 0 saturated carbocycles. The van der Waals surface area contributed by atoms with Gasteiger partial charge in [0.2, 0.25) is 21.8 Å². The van der Waals surface area contributed by atoms with Crippen LogP contribution in [0.1, 0.15) is 30.9 Å². The summed E-state index contributed by atoms with van der Waals surface area (Å²) in [7, 11) is -1.57. The molecule has 0 aliphatic carbocycles. The number of likely N-dealkylation sites (N-methyl/N-ethyl adjacent to an activating group) is 1. The highest BCUT2D eigenvalue weighted by atomic mass is 32.2. The third kappa shape index (κ3) is 5.16. The molecule has 2 aliphatic rings. The Bertz CT molecular complexity index is 1150. The van der Waals surface area contributed by atoms with Crippen LogP contribution in [0.2, 0.25) is 0 Å². The second-order valence-electron chi connectivity index (χ2n) is 9.03. The number of nitrogens with zero attached hydrogens (tertiary/aromatic N) is 3. The number of nitrogens with one attached hydrogen (secondary N) is 1. The Morgan fingerprint density at radius 2 is 1.79 bits per heavy atom. The fraction of sp³-hybridized carbons (Fsp3) is 0.440. The first-order chi connectivity index (χ1) is 16.3. The van der Waals surface area contributed by atoms with Crippen LogP contribution in [0.3, 0.4) is 0 Å². The molecule has 182 valence electrons. The molecule has 2 aromatic carbocycles. The van der Waals surface area contributed by atoms with E-state index in [4.69, 9.17) is 0 Å². The van der Waals surface area contributed by atoms with Crippen LogP contribution in [0.4, 0.5) is 5.69 Å². The number of hydrogen-bond acceptors (Lipinski definition) is 5. The van der Waals surface area contributed by atoms with Crippen molar-refractivity contribution in [2.45, 2.75) is 43.7 Å². The first kappa shape index (κ1) is 24.4. The summed E-state index contributed by atoms with van der Waals surface area (Å²) in [4.78, 5) is 29.2. The predicted octanol–water partition coefficient (Wildman–Crippen LogP) is 2.00. The van der Waals surface area contributed by atoms with Crippen molar-refractivity contribution in [3.63, 3.8) is 0 Å². The number of anilines is 1. The topological polar surface area (TPSA) is 90.0 Å². The molecular weight excluding hydrogens is 452 g/mol. The van der Waals surface area contributed by atoms with E-state index in [2.05, 4.69) is 22.3 Å². The van der Waals surface area contributed by atoms with E-state index in [-0.39, 0.29) is 16.7 Å². The second kappa shape index (κ2) is 10.2. The van der Waals surface area contributed by atoms with Crippen molar-refractivity contribution in [1.29, 1.82) is 0 Å². The van der Waals surface area contributed by atoms with Crippen molar-refractivity contribution in [2.75, 3.05) is 38.1 Å². The number of benzene rings is 2. The summed E-state index contributed by atoms with van der Waals surface area (Å²) in [5, 5.41) is 2.95. The van der Waals surface area contributed by atoms with Crippen molar-refractivity contribution < 1.29 is 18.0 Å². The van der Waals surface area contributed by atoms with Crippen LogP contribution >= 0.6 is 0 Å². The van der Waals surface area contributed by atoms with Crippen LogP contribution in [0.25, 0.3) is 0 Å². The van der Waals surface area contributed by atoms with E-state index in [1.807, 2.05) is 25.2 Å². The van der Waals surface area contributed by atoms with E-state index in [9.17, 15) is 18.0 Å². The zero-order valence-electron chi connectivity index (χ0n) is 19.7. The molecule has 0 radical (unpaired) electrons. The number of carbonyl (C=O) groups excluding carboxylic acids is 2. The maximum Gasteiger partial charge on any atom is 0.243 e. The minimum atomic E-state index is -3.56. The highest BCUT2D eigenvalue weighted by molar-refractivity contribution is 7.89. The predicted molar refractivity (Wildman–Crippen MR) is 131 cm³/mol. The Labute approximate surface area is 201 Å². The van der Waals surface area contributed by atoms with E-state index < -0.39 is 16.1 Å². The van der Waals surface area contributed by atoms with Gasteiger partial charge in [-0.3, -0.25) is 14.5 Å². The number of hydrogen-bond donors (Lipinski definition) is 1. The van der Waals surface area contributed by atoms with Crippen LogP contribution in [-0.4, -0.2) is 68.7 Å². The maximum absolute atomic E-state index is 13.0. The second-order valence-corrected chi connectivity index (χ2v) is 11.0. The standard InChI is InChI=1S/C25H32N4O4S/c1-19(30)29-23-11-10-22(34(32,33)28-13-6-7-14-28)16-21(23)17-24(29)25(31)26-12-15-27(2)18-20-8-4-3-5-9-20/h3-5,8-11,16,24H,6-7,12-15,17-18H2,1-2H3,(H,26,31). The minimum absolute atomic E-state index is 0.222. The Morgan fingerprint density at radius 3 is 2.47 bits per heavy atom. The highest BCUT2D eigenvalue weighted by Gasteiger charge is 2.38. The summed E-state index contributed by atoms with van der Waals surface area (Å²) in [5.41, 5.74) is 2.51. The molecule has 1 saturated heterocycles. The monoisotopic (exact) mass is 484 g/mol. The van der Waals surface area contributed by atoms with Gasteiger partial charge in [-0.15, -0.1) is 0 Å². The molecule has 1 atom stereocenters. The van der Waals surface area contributed by atoms with Crippen molar-refractivity contribution in [2.24, 2.45) is 0 Å². The van der Waals surface area contributed by atoms with E-state index in [0.29, 0.717) is 43.9 Å². The fourth-order valence-electron chi connectivity index (χ4n) is 4.73. The van der Waals surface area contributed by atoms with Gasteiger partial charge in [-0.1, -0.05) is 30.3 Å². The van der Waals surface area contributed by atoms with E-state index >= 15 is 0 Å². The number of sulfonamides is 1. The largest absolute Gasteiger partial charge is 0.353 e. The molecule has 2 heterocycles. The molecule has 0 spiro atoms. The molecule has 8 nitrogen and oxygen atoms in total. The quantitative estimate of drug-likeness (QED) is 0.619. The first-order valence-corrected chi connectivity index (χ1v) is 13.1. The molecule has 2 amide bonds. The van der Waals surface area contributed by atoms with Gasteiger partial charge in [0, 0.05) is 51.8 Å². The number of amides is 2. The third-order valence-electron chi connectivity index (χ3n) is 6.47. The maximum atomic E-state index is 13.0. The fourth-order valence-corrected chi connectivity index (χ4v) is 6.30. The Balaban J connectivity index is 1.41. The van der Waals surface area contributed by atoms with Gasteiger partial charge in [-0.25, -0.2) is 8.42 Å². The molecule has 0 bridgehead atoms. The van der Waals surface area contributed by atoms with Crippen LogP contribution in [-0.2, 0) is 32.6 Å². The first-order valence-electron chi connectivity index (χ1n) is 11.7. The molecule has 9 heteroatoms. The van der Waals surface area contributed by atoms with Crippen LogP contribution < -0.4 is 10.2 Å². The van der Waals surface area contributed by atoms with E-state index in [1.54, 1.807) is 18.2 Å². The lowest BCUT2D eigenvalue weighted by atomic mass is 10.1. The number of fused-ring (bicyclic) bond motifs is 1. The molecular formula is C25H32N4O4S. The van der Waals surface area contributed by atoms with Gasteiger partial charge in [0.05, 0.1) is 4.90 Å². The average Bonchev–Trinajstić information content (AvgIpc) is 3.48. The lowest BCUT2D eigenvalue weighted by molar-refractivity contribution is -0.125. The molecule has 2 aromatic rings. The van der Waals surface area contributed by atoms with Gasteiger partial charge in [-0.05, 0) is 49.2 Å². The van der Waals surface area contributed by atoms with Gasteiger partial charge >= 0.3 is 0 Å². The number of rotatable bonds is 8. The summed E-state index contributed by atoms with van der Waals surface area (Å²) >= 11 is 0. The summed E-state index contributed by atoms with van der Waals surface area (Å²) in [6.45, 7) is 4.39. The van der Waals surface area contributed by atoms with Crippen LogP contribution in [0.15, 0.2) is 53.4 Å². The highest BCUT2D eigenvalue weighted by Crippen LogP contribution is 2.35. The molecule has 1 fully saturated rings. The van der Waals surface area contributed by atoms with Gasteiger partial charge in [0.25, 0.3) is 0 Å². The molecule has 4 rings (SSSR count). The lowest BCUT2D eigenvalue weighted by Gasteiger charge is -2.24. The van der Waals surface area contributed by atoms with Crippen LogP contribution in [0.5, 0.6) is 0 Å². The Hall–Kier alpha value is -2.75. The van der Waals surface area contributed by atoms with Gasteiger partial charge < -0.3 is 10.2 Å². The summed E-state index contributed by atoms with van der Waals surface area (Å²) in [6.07, 6.45) is 2.03. The van der Waals surface area contributed by atoms with Gasteiger partial charge in [-0.2, -0.15) is 4.31 Å². The van der Waals surface area contributed by atoms with E-state index in [1.165, 1.54) is 21.7 Å². The Kier molecular flexibility index (Phi) is 7.35. The van der Waals surface area contributed by atoms with Crippen molar-refractivity contribution in [3.8, 4) is 0 Å². The minimum Gasteiger partial charge on any atom is -0.353 e. The van der Waals surface area contributed by atoms with Crippen molar-refractivity contribution in [3.05, 3.63) is 59.7 Å². The zero-order valence-corrected chi connectivity index (χ0v) is 20.6. The SMILES string of the molecule is CC(=O)N1c2ccc(S(=O)(=O)N3CCCC3)cc2CC1C(=O)NCCN(C)Cc1ccccc1. The average molecular weight is 485 g/mol. The lowest BCUT2D eigenvalue weighted by Crippen LogP contribution is -2.48. The molecule has 34 heavy (non-hydrogen) atoms. The molecule has 2 aliphatic heterocycles. The van der Waals surface area contributed by atoms with Crippen molar-refractivity contribution in [1.82, 2.24) is 14.5 Å². The summed E-state index contributed by atoms with van der Waals surface area (Å²) in [5.74, 6) is -0.473. The molecule has 0 aromatic heterocycles. The normalized spacial score (nSPS) is 18.3. The van der Waals surface area contributed by atoms with E-state index in [0.717, 1.165) is 19.4 Å². The van der Waals surface area contributed by atoms with Crippen LogP contribution in [0, 0.1) is 0 Å². The smallest absolute Gasteiger partial charge is 0.243 e. The van der Waals surface area contributed by atoms with Gasteiger partial charge in [0.15, 0.2) is 0 Å². The van der Waals surface area contributed by atoms with Crippen molar-refractivity contribution >= 4 is 27.5 Å². The molecule has 1 unspecified atom stereocenters.